The molecule has 2 rings (SSSR count). The Balaban J connectivity index is 2.52. The van der Waals surface area contributed by atoms with Crippen LogP contribution in [0.2, 0.25) is 18.1 Å². The zero-order valence-electron chi connectivity index (χ0n) is 27.4. The van der Waals surface area contributed by atoms with Gasteiger partial charge in [-0.25, -0.2) is 4.79 Å². The van der Waals surface area contributed by atoms with E-state index in [0.29, 0.717) is 17.6 Å². The third-order valence-electron chi connectivity index (χ3n) is 9.12. The van der Waals surface area contributed by atoms with E-state index in [4.69, 9.17) is 9.16 Å². The third-order valence-corrected chi connectivity index (χ3v) is 13.6. The van der Waals surface area contributed by atoms with Gasteiger partial charge in [0.05, 0.1) is 11.5 Å². The zero-order valence-corrected chi connectivity index (χ0v) is 28.4. The second kappa shape index (κ2) is 14.3. The Bertz CT molecular complexity index is 1170. The maximum atomic E-state index is 14.2. The zero-order chi connectivity index (χ0) is 32.0. The van der Waals surface area contributed by atoms with E-state index in [0.717, 1.165) is 11.1 Å². The molecule has 0 fully saturated rings. The van der Waals surface area contributed by atoms with Crippen LogP contribution in [-0.2, 0) is 18.8 Å². The van der Waals surface area contributed by atoms with E-state index in [1.807, 2.05) is 60.7 Å². The Kier molecular flexibility index (Phi) is 12.1. The van der Waals surface area contributed by atoms with Crippen molar-refractivity contribution in [3.63, 3.8) is 0 Å². The fourth-order valence-corrected chi connectivity index (χ4v) is 5.92. The fourth-order valence-electron chi connectivity index (χ4n) is 4.70. The molecule has 2 aromatic carbocycles. The molecule has 0 heterocycles. The number of aliphatic hydroxyl groups is 2. The molecule has 0 aliphatic heterocycles. The molecule has 7 heteroatoms. The van der Waals surface area contributed by atoms with Crippen LogP contribution in [0.3, 0.4) is 0 Å². The molecule has 0 aliphatic carbocycles. The first-order valence-electron chi connectivity index (χ1n) is 14.9. The van der Waals surface area contributed by atoms with Crippen molar-refractivity contribution < 1.29 is 29.0 Å². The topological polar surface area (TPSA) is 93.1 Å². The maximum Gasteiger partial charge on any atom is 0.335 e. The summed E-state index contributed by atoms with van der Waals surface area (Å²) in [5, 5.41) is 21.2. The monoisotopic (exact) mass is 596 g/mol. The van der Waals surface area contributed by atoms with Crippen LogP contribution in [0.25, 0.3) is 0 Å². The lowest BCUT2D eigenvalue weighted by atomic mass is 9.77. The van der Waals surface area contributed by atoms with Crippen LogP contribution in [0.15, 0.2) is 71.8 Å². The Labute approximate surface area is 254 Å². The average Bonchev–Trinajstić information content (AvgIpc) is 2.94. The summed E-state index contributed by atoms with van der Waals surface area (Å²) in [5.41, 5.74) is 1.74. The lowest BCUT2D eigenvalue weighted by Crippen LogP contribution is -2.49. The predicted molar refractivity (Wildman–Crippen MR) is 172 cm³/mol. The van der Waals surface area contributed by atoms with Crippen molar-refractivity contribution in [3.05, 3.63) is 82.9 Å². The molecule has 0 radical (unpaired) electrons. The van der Waals surface area contributed by atoms with E-state index in [1.54, 1.807) is 41.5 Å². The minimum Gasteiger partial charge on any atom is -0.456 e. The van der Waals surface area contributed by atoms with Gasteiger partial charge in [-0.3, -0.25) is 4.79 Å². The van der Waals surface area contributed by atoms with Gasteiger partial charge in [-0.2, -0.15) is 0 Å². The van der Waals surface area contributed by atoms with Crippen LogP contribution < -0.4 is 0 Å². The Hall–Kier alpha value is -2.58. The quantitative estimate of drug-likeness (QED) is 0.144. The molecule has 0 saturated carbocycles. The molecule has 0 unspecified atom stereocenters. The maximum absolute atomic E-state index is 14.2. The van der Waals surface area contributed by atoms with E-state index in [2.05, 4.69) is 33.9 Å². The van der Waals surface area contributed by atoms with Gasteiger partial charge in [0, 0.05) is 5.92 Å². The van der Waals surface area contributed by atoms with Gasteiger partial charge in [0.2, 0.25) is 0 Å². The Morgan fingerprint density at radius 2 is 1.29 bits per heavy atom. The molecule has 2 N–H and O–H groups in total. The lowest BCUT2D eigenvalue weighted by Gasteiger charge is -2.41. The van der Waals surface area contributed by atoms with Gasteiger partial charge in [-0.05, 0) is 67.6 Å². The summed E-state index contributed by atoms with van der Waals surface area (Å²) in [6.07, 6.45) is -3.57. The van der Waals surface area contributed by atoms with Crippen molar-refractivity contribution >= 4 is 20.1 Å². The molecule has 6 nitrogen and oxygen atoms in total. The number of ketones is 1. The molecule has 4 atom stereocenters. The molecule has 0 saturated heterocycles. The fraction of sp³-hybridized carbons (Fsp3) is 0.543. The van der Waals surface area contributed by atoms with Crippen LogP contribution in [0.5, 0.6) is 0 Å². The standard InChI is InChI=1S/C35H52O6Si/c1-12-28(36)35(8,9)32(38)30(37)24(3)23(2)25(4)40-33(39)31(41-42(10,11)34(5,6)7)29(26-19-15-13-16-20-26)27-21-17-14-18-22-27/h13-22,25,28-31,36-37H,12H2,1-11H3/b24-23+/t25-,28-,30+,31+/m0/s1. The van der Waals surface area contributed by atoms with Crippen LogP contribution in [0, 0.1) is 5.41 Å². The number of esters is 1. The van der Waals surface area contributed by atoms with E-state index in [1.165, 1.54) is 0 Å². The highest BCUT2D eigenvalue weighted by atomic mass is 28.4. The van der Waals surface area contributed by atoms with Gasteiger partial charge in [0.1, 0.15) is 12.2 Å². The summed E-state index contributed by atoms with van der Waals surface area (Å²) >= 11 is 0. The van der Waals surface area contributed by atoms with Gasteiger partial charge < -0.3 is 19.4 Å². The number of aliphatic hydroxyl groups excluding tert-OH is 2. The molecular formula is C35H52O6Si. The number of benzene rings is 2. The number of carbonyl (C=O) groups excluding carboxylic acids is 2. The van der Waals surface area contributed by atoms with Gasteiger partial charge in [0.15, 0.2) is 20.2 Å². The van der Waals surface area contributed by atoms with Crippen LogP contribution in [0.4, 0.5) is 0 Å². The molecule has 42 heavy (non-hydrogen) atoms. The van der Waals surface area contributed by atoms with E-state index in [-0.39, 0.29) is 5.04 Å². The first-order valence-corrected chi connectivity index (χ1v) is 17.8. The number of ether oxygens (including phenoxy) is 1. The van der Waals surface area contributed by atoms with Gasteiger partial charge >= 0.3 is 5.97 Å². The molecule has 0 aliphatic rings. The second-order valence-electron chi connectivity index (χ2n) is 13.5. The van der Waals surface area contributed by atoms with Crippen molar-refractivity contribution in [2.45, 2.75) is 117 Å². The summed E-state index contributed by atoms with van der Waals surface area (Å²) in [7, 11) is -2.45. The Morgan fingerprint density at radius 1 is 0.833 bits per heavy atom. The van der Waals surface area contributed by atoms with Crippen molar-refractivity contribution in [1.29, 1.82) is 0 Å². The second-order valence-corrected chi connectivity index (χ2v) is 18.2. The van der Waals surface area contributed by atoms with E-state index >= 15 is 0 Å². The summed E-state index contributed by atoms with van der Waals surface area (Å²) in [5.74, 6) is -1.38. The van der Waals surface area contributed by atoms with E-state index < -0.39 is 55.8 Å². The van der Waals surface area contributed by atoms with E-state index in [9.17, 15) is 19.8 Å². The smallest absolute Gasteiger partial charge is 0.335 e. The number of hydrogen-bond donors (Lipinski definition) is 2. The highest BCUT2D eigenvalue weighted by Gasteiger charge is 2.45. The molecule has 232 valence electrons. The van der Waals surface area contributed by atoms with Crippen molar-refractivity contribution in [3.8, 4) is 0 Å². The summed E-state index contributed by atoms with van der Waals surface area (Å²) in [6, 6.07) is 19.7. The van der Waals surface area contributed by atoms with Gasteiger partial charge in [0.25, 0.3) is 0 Å². The predicted octanol–water partition coefficient (Wildman–Crippen LogP) is 7.20. The van der Waals surface area contributed by atoms with Gasteiger partial charge in [-0.1, -0.05) is 102 Å². The summed E-state index contributed by atoms with van der Waals surface area (Å²) in [4.78, 5) is 27.3. The van der Waals surface area contributed by atoms with Crippen molar-refractivity contribution in [2.75, 3.05) is 0 Å². The highest BCUT2D eigenvalue weighted by Crippen LogP contribution is 2.41. The minimum absolute atomic E-state index is 0.151. The molecule has 0 amide bonds. The first kappa shape index (κ1) is 35.6. The first-order chi connectivity index (χ1) is 19.4. The third kappa shape index (κ3) is 8.28. The van der Waals surface area contributed by atoms with Crippen molar-refractivity contribution in [2.24, 2.45) is 5.41 Å². The van der Waals surface area contributed by atoms with Gasteiger partial charge in [-0.15, -0.1) is 0 Å². The average molecular weight is 597 g/mol. The SMILES string of the molecule is CC[C@H](O)C(C)(C)C(=O)[C@H](O)/C(C)=C(\C)[C@H](C)OC(=O)[C@H](O[Si](C)(C)C(C)(C)C)C(c1ccccc1)c1ccccc1. The summed E-state index contributed by atoms with van der Waals surface area (Å²) in [6.45, 7) is 20.9. The Morgan fingerprint density at radius 3 is 1.69 bits per heavy atom. The normalized spacial score (nSPS) is 16.3. The van der Waals surface area contributed by atoms with Crippen LogP contribution >= 0.6 is 0 Å². The molecule has 2 aromatic rings. The molecule has 0 spiro atoms. The number of rotatable bonds is 13. The van der Waals surface area contributed by atoms with Crippen molar-refractivity contribution in [1.82, 2.24) is 0 Å². The number of carbonyl (C=O) groups is 2. The molecular weight excluding hydrogens is 544 g/mol. The molecule has 0 aromatic heterocycles. The number of hydrogen-bond acceptors (Lipinski definition) is 6. The minimum atomic E-state index is -2.45. The largest absolute Gasteiger partial charge is 0.456 e. The van der Waals surface area contributed by atoms with Crippen LogP contribution in [0.1, 0.15) is 85.8 Å². The number of Topliss-reactive ketones (excluding diaryl/α,β-unsaturated/α-hetero) is 1. The lowest BCUT2D eigenvalue weighted by molar-refractivity contribution is -0.156. The molecule has 0 bridgehead atoms. The summed E-state index contributed by atoms with van der Waals surface area (Å²) < 4.78 is 13.0. The van der Waals surface area contributed by atoms with Crippen LogP contribution in [-0.4, -0.2) is 54.7 Å². The highest BCUT2D eigenvalue weighted by molar-refractivity contribution is 6.74.